The second kappa shape index (κ2) is 5.77. The van der Waals surface area contributed by atoms with Crippen molar-refractivity contribution in [2.45, 2.75) is 25.3 Å². The molecule has 0 saturated carbocycles. The van der Waals surface area contributed by atoms with Crippen LogP contribution < -0.4 is 5.32 Å². The molecule has 0 spiro atoms. The molecule has 96 valence electrons. The number of Topliss-reactive ketones (excluding diaryl/α,β-unsaturated/α-hetero) is 1. The largest absolute Gasteiger partial charge is 0.464 e. The van der Waals surface area contributed by atoms with Crippen LogP contribution in [0.15, 0.2) is 17.5 Å². The number of thiophene rings is 1. The van der Waals surface area contributed by atoms with Crippen molar-refractivity contribution in [3.63, 3.8) is 0 Å². The van der Waals surface area contributed by atoms with Crippen molar-refractivity contribution >= 4 is 29.0 Å². The van der Waals surface area contributed by atoms with E-state index in [4.69, 9.17) is 4.74 Å². The lowest BCUT2D eigenvalue weighted by Gasteiger charge is -2.07. The first-order chi connectivity index (χ1) is 8.65. The van der Waals surface area contributed by atoms with Gasteiger partial charge in [0, 0.05) is 17.7 Å². The fourth-order valence-corrected chi connectivity index (χ4v) is 2.45. The first-order valence-corrected chi connectivity index (χ1v) is 6.53. The molecule has 0 bridgehead atoms. The normalized spacial score (nSPS) is 18.4. The summed E-state index contributed by atoms with van der Waals surface area (Å²) < 4.78 is 4.72. The lowest BCUT2D eigenvalue weighted by atomic mass is 10.1. The number of carbonyl (C=O) groups is 3. The molecule has 0 unspecified atom stereocenters. The molecular formula is C12H13NO4S. The van der Waals surface area contributed by atoms with Gasteiger partial charge in [-0.25, -0.2) is 4.79 Å². The van der Waals surface area contributed by atoms with Gasteiger partial charge in [-0.1, -0.05) is 6.07 Å². The first-order valence-electron chi connectivity index (χ1n) is 5.65. The molecule has 18 heavy (non-hydrogen) atoms. The summed E-state index contributed by atoms with van der Waals surface area (Å²) in [6.45, 7) is 0.326. The van der Waals surface area contributed by atoms with Crippen LogP contribution in [0.4, 0.5) is 0 Å². The number of amides is 1. The Morgan fingerprint density at radius 3 is 2.94 bits per heavy atom. The molecule has 5 nitrogen and oxygen atoms in total. The lowest BCUT2D eigenvalue weighted by molar-refractivity contribution is -0.141. The first kappa shape index (κ1) is 12.8. The van der Waals surface area contributed by atoms with Gasteiger partial charge >= 0.3 is 5.97 Å². The minimum absolute atomic E-state index is 0.152. The van der Waals surface area contributed by atoms with Gasteiger partial charge in [-0.2, -0.15) is 0 Å². The molecule has 1 aliphatic heterocycles. The summed E-state index contributed by atoms with van der Waals surface area (Å²) in [7, 11) is 0. The van der Waals surface area contributed by atoms with Crippen molar-refractivity contribution in [3.05, 3.63) is 22.4 Å². The number of ketones is 1. The fourth-order valence-electron chi connectivity index (χ4n) is 1.72. The van der Waals surface area contributed by atoms with Crippen molar-refractivity contribution < 1.29 is 19.1 Å². The second-order valence-corrected chi connectivity index (χ2v) is 5.08. The van der Waals surface area contributed by atoms with Crippen molar-refractivity contribution in [2.75, 3.05) is 6.61 Å². The maximum Gasteiger partial charge on any atom is 0.328 e. The highest BCUT2D eigenvalue weighted by Gasteiger charge is 2.28. The van der Waals surface area contributed by atoms with E-state index in [-0.39, 0.29) is 18.6 Å². The molecular weight excluding hydrogens is 254 g/mol. The molecule has 1 saturated heterocycles. The highest BCUT2D eigenvalue weighted by Crippen LogP contribution is 2.11. The molecule has 0 radical (unpaired) electrons. The Labute approximate surface area is 108 Å². The van der Waals surface area contributed by atoms with E-state index < -0.39 is 17.9 Å². The van der Waals surface area contributed by atoms with Gasteiger partial charge in [0.05, 0.1) is 13.0 Å². The molecule has 1 atom stereocenters. The Hall–Kier alpha value is -1.69. The summed E-state index contributed by atoms with van der Waals surface area (Å²) in [5.74, 6) is -0.990. The number of esters is 1. The van der Waals surface area contributed by atoms with Crippen molar-refractivity contribution in [3.8, 4) is 0 Å². The molecule has 2 rings (SSSR count). The van der Waals surface area contributed by atoms with E-state index in [1.165, 1.54) is 11.3 Å². The van der Waals surface area contributed by atoms with E-state index in [1.807, 2.05) is 17.5 Å². The third kappa shape index (κ3) is 3.40. The average Bonchev–Trinajstić information content (AvgIpc) is 2.91. The van der Waals surface area contributed by atoms with Crippen molar-refractivity contribution in [1.82, 2.24) is 5.32 Å². The smallest absolute Gasteiger partial charge is 0.328 e. The zero-order valence-corrected chi connectivity index (χ0v) is 10.5. The SMILES string of the molecule is O=C(CC(=O)N[C@@H]1CCOC1=O)Cc1cccs1. The van der Waals surface area contributed by atoms with Crippen LogP contribution in [0.25, 0.3) is 0 Å². The number of cyclic esters (lactones) is 1. The standard InChI is InChI=1S/C12H13NO4S/c14-8(6-9-2-1-5-18-9)7-11(15)13-10-3-4-17-12(10)16/h1-2,5,10H,3-4,6-7H2,(H,13,15)/t10-/m1/s1. The molecule has 0 aliphatic carbocycles. The molecule has 6 heteroatoms. The van der Waals surface area contributed by atoms with Crippen LogP contribution in [-0.4, -0.2) is 30.3 Å². The molecule has 2 heterocycles. The van der Waals surface area contributed by atoms with Crippen LogP contribution in [0.1, 0.15) is 17.7 Å². The molecule has 1 fully saturated rings. The van der Waals surface area contributed by atoms with Gasteiger partial charge in [-0.3, -0.25) is 9.59 Å². The van der Waals surface area contributed by atoms with Crippen LogP contribution in [0.3, 0.4) is 0 Å². The van der Waals surface area contributed by atoms with E-state index in [9.17, 15) is 14.4 Å². The highest BCUT2D eigenvalue weighted by molar-refractivity contribution is 7.10. The number of hydrogen-bond donors (Lipinski definition) is 1. The van der Waals surface area contributed by atoms with E-state index in [0.717, 1.165) is 4.88 Å². The third-order valence-corrected chi connectivity index (χ3v) is 3.46. The van der Waals surface area contributed by atoms with Crippen LogP contribution >= 0.6 is 11.3 Å². The third-order valence-electron chi connectivity index (χ3n) is 2.58. The number of nitrogens with one attached hydrogen (secondary N) is 1. The van der Waals surface area contributed by atoms with Crippen LogP contribution in [-0.2, 0) is 25.5 Å². The Morgan fingerprint density at radius 2 is 2.33 bits per heavy atom. The van der Waals surface area contributed by atoms with E-state index in [1.54, 1.807) is 0 Å². The number of ether oxygens (including phenoxy) is 1. The monoisotopic (exact) mass is 267 g/mol. The molecule has 1 aromatic rings. The predicted molar refractivity (Wildman–Crippen MR) is 65.2 cm³/mol. The maximum absolute atomic E-state index is 11.6. The molecule has 1 aliphatic rings. The van der Waals surface area contributed by atoms with Crippen molar-refractivity contribution in [2.24, 2.45) is 0 Å². The van der Waals surface area contributed by atoms with Crippen LogP contribution in [0, 0.1) is 0 Å². The summed E-state index contributed by atoms with van der Waals surface area (Å²) in [6, 6.07) is 3.13. The minimum Gasteiger partial charge on any atom is -0.464 e. The summed E-state index contributed by atoms with van der Waals surface area (Å²) in [5, 5.41) is 4.39. The van der Waals surface area contributed by atoms with Gasteiger partial charge in [0.1, 0.15) is 11.8 Å². The number of hydrogen-bond acceptors (Lipinski definition) is 5. The molecule has 0 aromatic carbocycles. The van der Waals surface area contributed by atoms with Gasteiger partial charge in [-0.15, -0.1) is 11.3 Å². The van der Waals surface area contributed by atoms with Gasteiger partial charge in [0.25, 0.3) is 0 Å². The summed E-state index contributed by atoms with van der Waals surface area (Å²) in [6.07, 6.45) is 0.547. The van der Waals surface area contributed by atoms with Crippen molar-refractivity contribution in [1.29, 1.82) is 0 Å². The number of carbonyl (C=O) groups excluding carboxylic acids is 3. The quantitative estimate of drug-likeness (QED) is 0.629. The summed E-state index contributed by atoms with van der Waals surface area (Å²) in [5.41, 5.74) is 0. The zero-order chi connectivity index (χ0) is 13.0. The minimum atomic E-state index is -0.591. The molecule has 1 aromatic heterocycles. The van der Waals surface area contributed by atoms with Gasteiger partial charge in [0.15, 0.2) is 0 Å². The highest BCUT2D eigenvalue weighted by atomic mass is 32.1. The average molecular weight is 267 g/mol. The predicted octanol–water partition coefficient (Wildman–Crippen LogP) is 0.681. The van der Waals surface area contributed by atoms with E-state index in [2.05, 4.69) is 5.32 Å². The molecule has 1 amide bonds. The fraction of sp³-hybridized carbons (Fsp3) is 0.417. The van der Waals surface area contributed by atoms with E-state index >= 15 is 0 Å². The van der Waals surface area contributed by atoms with Gasteiger partial charge in [0.2, 0.25) is 5.91 Å². The van der Waals surface area contributed by atoms with Crippen LogP contribution in [0.2, 0.25) is 0 Å². The summed E-state index contributed by atoms with van der Waals surface area (Å²) >= 11 is 1.48. The zero-order valence-electron chi connectivity index (χ0n) is 9.68. The topological polar surface area (TPSA) is 72.5 Å². The Morgan fingerprint density at radius 1 is 1.50 bits per heavy atom. The lowest BCUT2D eigenvalue weighted by Crippen LogP contribution is -2.38. The van der Waals surface area contributed by atoms with Gasteiger partial charge in [-0.05, 0) is 11.4 Å². The Bertz CT molecular complexity index is 455. The van der Waals surface area contributed by atoms with Gasteiger partial charge < -0.3 is 10.1 Å². The summed E-state index contributed by atoms with van der Waals surface area (Å²) in [4.78, 5) is 35.2. The number of rotatable bonds is 5. The Kier molecular flexibility index (Phi) is 4.09. The van der Waals surface area contributed by atoms with E-state index in [0.29, 0.717) is 13.0 Å². The second-order valence-electron chi connectivity index (χ2n) is 4.05. The Balaban J connectivity index is 1.77. The van der Waals surface area contributed by atoms with Crippen LogP contribution in [0.5, 0.6) is 0 Å². The molecule has 1 N–H and O–H groups in total. The maximum atomic E-state index is 11.6.